The first kappa shape index (κ1) is 14.5. The topological polar surface area (TPSA) is 0 Å². The van der Waals surface area contributed by atoms with Crippen LogP contribution in [0.25, 0.3) is 0 Å². The summed E-state index contributed by atoms with van der Waals surface area (Å²) in [5.74, 6) is -0.974. The molecule has 0 heterocycles. The molecule has 13 heavy (non-hydrogen) atoms. The van der Waals surface area contributed by atoms with Crippen LogP contribution in [0.4, 0.5) is 12.9 Å². The fourth-order valence-electron chi connectivity index (χ4n) is 1.80. The maximum Gasteiger partial charge on any atom is 1.00 e. The van der Waals surface area contributed by atoms with Gasteiger partial charge in [-0.1, -0.05) is 45.3 Å². The summed E-state index contributed by atoms with van der Waals surface area (Å²) in [7, 11) is 0. The maximum absolute atomic E-state index is 12.3. The first-order valence-electron chi connectivity index (χ1n) is 4.51. The van der Waals surface area contributed by atoms with E-state index in [1.807, 2.05) is 13.8 Å². The van der Waals surface area contributed by atoms with E-state index in [2.05, 4.69) is 0 Å². The summed E-state index contributed by atoms with van der Waals surface area (Å²) in [5.41, 5.74) is 0.137. The minimum absolute atomic E-state index is 0. The Labute approximate surface area is 121 Å². The zero-order valence-corrected chi connectivity index (χ0v) is 11.7. The minimum atomic E-state index is -4.57. The molecule has 1 aliphatic rings. The summed E-state index contributed by atoms with van der Waals surface area (Å²) < 4.78 is 36.8. The first-order valence-corrected chi connectivity index (χ1v) is 4.51. The third-order valence-corrected chi connectivity index (χ3v) is 2.92. The van der Waals surface area contributed by atoms with E-state index in [0.29, 0.717) is 12.8 Å². The molecular formula is C8H15BF3K. The van der Waals surface area contributed by atoms with Crippen LogP contribution in [0, 0.1) is 5.41 Å². The molecule has 5 heteroatoms. The zero-order chi connectivity index (χ0) is 9.41. The van der Waals surface area contributed by atoms with Crippen LogP contribution < -0.4 is 51.4 Å². The molecule has 0 bridgehead atoms. The van der Waals surface area contributed by atoms with Crippen molar-refractivity contribution in [2.75, 3.05) is 0 Å². The van der Waals surface area contributed by atoms with Gasteiger partial charge in [-0.2, -0.15) is 0 Å². The Morgan fingerprint density at radius 2 is 1.46 bits per heavy atom. The van der Waals surface area contributed by atoms with Crippen molar-refractivity contribution in [2.45, 2.75) is 45.3 Å². The minimum Gasteiger partial charge on any atom is -0.449 e. The number of halogens is 3. The molecule has 0 atom stereocenters. The van der Waals surface area contributed by atoms with E-state index in [0.717, 1.165) is 12.8 Å². The van der Waals surface area contributed by atoms with Crippen molar-refractivity contribution < 1.29 is 64.3 Å². The van der Waals surface area contributed by atoms with Crippen LogP contribution in [0.15, 0.2) is 0 Å². The second-order valence-corrected chi connectivity index (χ2v) is 4.63. The van der Waals surface area contributed by atoms with Crippen LogP contribution in [0.5, 0.6) is 0 Å². The smallest absolute Gasteiger partial charge is 0.449 e. The Morgan fingerprint density at radius 3 is 1.77 bits per heavy atom. The third-order valence-electron chi connectivity index (χ3n) is 2.92. The van der Waals surface area contributed by atoms with Gasteiger partial charge >= 0.3 is 58.4 Å². The number of rotatable bonds is 1. The van der Waals surface area contributed by atoms with Crippen molar-refractivity contribution in [3.63, 3.8) is 0 Å². The molecule has 0 radical (unpaired) electrons. The summed E-state index contributed by atoms with van der Waals surface area (Å²) >= 11 is 0. The van der Waals surface area contributed by atoms with Crippen LogP contribution in [-0.2, 0) is 0 Å². The molecule has 0 aromatic carbocycles. The van der Waals surface area contributed by atoms with Gasteiger partial charge in [0, 0.05) is 0 Å². The SMILES string of the molecule is CC1(C)CCC([B-](F)(F)F)CC1.[K+]. The molecular weight excluding hydrogens is 203 g/mol. The summed E-state index contributed by atoms with van der Waals surface area (Å²) in [6.07, 6.45) is 2.13. The molecule has 0 spiro atoms. The predicted octanol–water partition coefficient (Wildman–Crippen LogP) is 0.808. The van der Waals surface area contributed by atoms with Crippen LogP contribution >= 0.6 is 0 Å². The molecule has 0 N–H and O–H groups in total. The molecule has 72 valence electrons. The van der Waals surface area contributed by atoms with E-state index in [9.17, 15) is 12.9 Å². The van der Waals surface area contributed by atoms with E-state index in [1.54, 1.807) is 0 Å². The quantitative estimate of drug-likeness (QED) is 0.571. The van der Waals surface area contributed by atoms with Gasteiger partial charge in [0.05, 0.1) is 0 Å². The normalized spacial score (nSPS) is 23.8. The van der Waals surface area contributed by atoms with Gasteiger partial charge < -0.3 is 12.9 Å². The summed E-state index contributed by atoms with van der Waals surface area (Å²) in [6.45, 7) is -0.476. The zero-order valence-electron chi connectivity index (χ0n) is 8.62. The number of hydrogen-bond acceptors (Lipinski definition) is 0. The van der Waals surface area contributed by atoms with Crippen LogP contribution in [-0.4, -0.2) is 6.98 Å². The van der Waals surface area contributed by atoms with E-state index in [-0.39, 0.29) is 56.8 Å². The Bertz CT molecular complexity index is 157. The molecule has 0 saturated heterocycles. The van der Waals surface area contributed by atoms with Gasteiger partial charge in [0.15, 0.2) is 0 Å². The van der Waals surface area contributed by atoms with Crippen molar-refractivity contribution in [1.29, 1.82) is 0 Å². The van der Waals surface area contributed by atoms with Crippen LogP contribution in [0.1, 0.15) is 39.5 Å². The summed E-state index contributed by atoms with van der Waals surface area (Å²) in [4.78, 5) is 0. The first-order chi connectivity index (χ1) is 5.31. The summed E-state index contributed by atoms with van der Waals surface area (Å²) in [5, 5.41) is 0. The average Bonchev–Trinajstić information content (AvgIpc) is 1.83. The van der Waals surface area contributed by atoms with E-state index >= 15 is 0 Å². The standard InChI is InChI=1S/C8H15BF3.K/c1-8(2)5-3-7(4-6-8)9(10,11)12;/h7H,3-6H2,1-2H3;/q-1;+1. The largest absolute Gasteiger partial charge is 1.00 e. The Hall–Kier alpha value is 1.49. The van der Waals surface area contributed by atoms with Gasteiger partial charge in [-0.05, 0) is 5.41 Å². The molecule has 1 rings (SSSR count). The van der Waals surface area contributed by atoms with Crippen molar-refractivity contribution in [2.24, 2.45) is 5.41 Å². The molecule has 0 amide bonds. The molecule has 0 aliphatic heterocycles. The molecule has 1 aliphatic carbocycles. The van der Waals surface area contributed by atoms with Gasteiger partial charge in [0.25, 0.3) is 0 Å². The number of hydrogen-bond donors (Lipinski definition) is 0. The van der Waals surface area contributed by atoms with Crippen LogP contribution in [0.2, 0.25) is 5.82 Å². The van der Waals surface area contributed by atoms with Gasteiger partial charge in [0.1, 0.15) is 0 Å². The molecule has 0 unspecified atom stereocenters. The van der Waals surface area contributed by atoms with Gasteiger partial charge in [0.2, 0.25) is 0 Å². The fourth-order valence-corrected chi connectivity index (χ4v) is 1.80. The summed E-state index contributed by atoms with van der Waals surface area (Å²) in [6, 6.07) is 0. The third kappa shape index (κ3) is 4.69. The van der Waals surface area contributed by atoms with Crippen molar-refractivity contribution in [3.05, 3.63) is 0 Å². The molecule has 0 aromatic heterocycles. The van der Waals surface area contributed by atoms with Crippen LogP contribution in [0.3, 0.4) is 0 Å². The molecule has 0 aromatic rings. The van der Waals surface area contributed by atoms with E-state index < -0.39 is 12.8 Å². The monoisotopic (exact) mass is 218 g/mol. The van der Waals surface area contributed by atoms with Gasteiger partial charge in [-0.25, -0.2) is 0 Å². The molecule has 1 fully saturated rings. The molecule has 1 saturated carbocycles. The fraction of sp³-hybridized carbons (Fsp3) is 1.00. The van der Waals surface area contributed by atoms with E-state index in [1.165, 1.54) is 0 Å². The second-order valence-electron chi connectivity index (χ2n) is 4.63. The van der Waals surface area contributed by atoms with Crippen molar-refractivity contribution >= 4 is 6.98 Å². The van der Waals surface area contributed by atoms with Gasteiger partial charge in [-0.3, -0.25) is 0 Å². The van der Waals surface area contributed by atoms with Crippen molar-refractivity contribution in [1.82, 2.24) is 0 Å². The Balaban J connectivity index is 0.00000144. The maximum atomic E-state index is 12.3. The van der Waals surface area contributed by atoms with Gasteiger partial charge in [-0.15, -0.1) is 0 Å². The Kier molecular flexibility index (Phi) is 5.59. The average molecular weight is 218 g/mol. The van der Waals surface area contributed by atoms with E-state index in [4.69, 9.17) is 0 Å². The predicted molar refractivity (Wildman–Crippen MR) is 45.1 cm³/mol. The molecule has 0 nitrogen and oxygen atoms in total. The van der Waals surface area contributed by atoms with Crippen molar-refractivity contribution in [3.8, 4) is 0 Å². The Morgan fingerprint density at radius 1 is 1.08 bits per heavy atom. The second kappa shape index (κ2) is 5.01.